The van der Waals surface area contributed by atoms with E-state index in [-0.39, 0.29) is 18.5 Å². The normalized spacial score (nSPS) is 14.4. The second-order valence-electron chi connectivity index (χ2n) is 5.68. The Bertz CT molecular complexity index is 735. The van der Waals surface area contributed by atoms with E-state index in [1.165, 1.54) is 0 Å². The Morgan fingerprint density at radius 2 is 2.33 bits per heavy atom. The van der Waals surface area contributed by atoms with E-state index < -0.39 is 0 Å². The third-order valence-electron chi connectivity index (χ3n) is 3.67. The molecule has 1 aliphatic carbocycles. The predicted molar refractivity (Wildman–Crippen MR) is 81.1 cm³/mol. The van der Waals surface area contributed by atoms with Crippen molar-refractivity contribution in [2.24, 2.45) is 0 Å². The molecule has 0 aliphatic heterocycles. The first-order chi connectivity index (χ1) is 10.1. The van der Waals surface area contributed by atoms with E-state index in [1.54, 1.807) is 6.20 Å². The maximum absolute atomic E-state index is 12.3. The van der Waals surface area contributed by atoms with Crippen LogP contribution >= 0.6 is 0 Å². The first-order valence-electron chi connectivity index (χ1n) is 7.21. The molecule has 1 amide bonds. The topological polar surface area (TPSA) is 59.8 Å². The molecular weight excluding hydrogens is 264 g/mol. The van der Waals surface area contributed by atoms with Crippen molar-refractivity contribution in [1.82, 2.24) is 20.1 Å². The van der Waals surface area contributed by atoms with Crippen LogP contribution in [0.25, 0.3) is 11.0 Å². The number of hydrogen-bond acceptors (Lipinski definition) is 3. The van der Waals surface area contributed by atoms with Crippen molar-refractivity contribution in [2.45, 2.75) is 38.6 Å². The number of carbonyl (C=O) groups is 1. The Morgan fingerprint density at radius 1 is 1.57 bits per heavy atom. The summed E-state index contributed by atoms with van der Waals surface area (Å²) in [7, 11) is 0. The first-order valence-corrected chi connectivity index (χ1v) is 7.21. The van der Waals surface area contributed by atoms with Crippen molar-refractivity contribution >= 4 is 16.9 Å². The Kier molecular flexibility index (Phi) is 3.38. The monoisotopic (exact) mass is 282 g/mol. The van der Waals surface area contributed by atoms with Crippen LogP contribution in [0.1, 0.15) is 54.7 Å². The standard InChI is InChI=1S/C16H18N4O/c1-4-7-17-16(21)12-8-14(11-5-6-11)19-15-13(12)9-18-20(15)10(2)3/h1,8-11H,5-7H2,2-3H3,(H,17,21). The van der Waals surface area contributed by atoms with Crippen LogP contribution in [0.2, 0.25) is 0 Å². The van der Waals surface area contributed by atoms with Gasteiger partial charge in [0.05, 0.1) is 23.7 Å². The third-order valence-corrected chi connectivity index (χ3v) is 3.67. The van der Waals surface area contributed by atoms with Crippen molar-refractivity contribution in [2.75, 3.05) is 6.54 Å². The summed E-state index contributed by atoms with van der Waals surface area (Å²) in [6.45, 7) is 4.33. The first kappa shape index (κ1) is 13.6. The smallest absolute Gasteiger partial charge is 0.252 e. The third kappa shape index (κ3) is 2.49. The van der Waals surface area contributed by atoms with Crippen molar-refractivity contribution in [3.8, 4) is 12.3 Å². The number of hydrogen-bond donors (Lipinski definition) is 1. The maximum atomic E-state index is 12.3. The molecule has 0 bridgehead atoms. The van der Waals surface area contributed by atoms with Crippen LogP contribution in [-0.4, -0.2) is 27.2 Å². The van der Waals surface area contributed by atoms with Gasteiger partial charge in [-0.2, -0.15) is 5.10 Å². The Labute approximate surface area is 123 Å². The minimum Gasteiger partial charge on any atom is -0.341 e. The number of amides is 1. The zero-order chi connectivity index (χ0) is 15.0. The number of nitrogens with one attached hydrogen (secondary N) is 1. The van der Waals surface area contributed by atoms with Crippen LogP contribution < -0.4 is 5.32 Å². The molecular formula is C16H18N4O. The van der Waals surface area contributed by atoms with Gasteiger partial charge in [-0.05, 0) is 32.8 Å². The number of rotatable bonds is 4. The highest BCUT2D eigenvalue weighted by atomic mass is 16.1. The Morgan fingerprint density at radius 3 is 2.95 bits per heavy atom. The minimum atomic E-state index is -0.162. The molecule has 0 saturated heterocycles. The Balaban J connectivity index is 2.13. The largest absolute Gasteiger partial charge is 0.341 e. The molecule has 1 saturated carbocycles. The van der Waals surface area contributed by atoms with E-state index in [9.17, 15) is 4.79 Å². The van der Waals surface area contributed by atoms with Crippen molar-refractivity contribution in [3.63, 3.8) is 0 Å². The van der Waals surface area contributed by atoms with E-state index in [2.05, 4.69) is 30.2 Å². The number of aromatic nitrogens is 3. The van der Waals surface area contributed by atoms with Gasteiger partial charge in [-0.1, -0.05) is 5.92 Å². The van der Waals surface area contributed by atoms with Crippen molar-refractivity contribution in [1.29, 1.82) is 0 Å². The number of pyridine rings is 1. The van der Waals surface area contributed by atoms with E-state index in [0.29, 0.717) is 11.5 Å². The van der Waals surface area contributed by atoms with Crippen LogP contribution in [0.3, 0.4) is 0 Å². The van der Waals surface area contributed by atoms with Gasteiger partial charge in [0.15, 0.2) is 5.65 Å². The summed E-state index contributed by atoms with van der Waals surface area (Å²) in [6.07, 6.45) is 9.20. The molecule has 2 aromatic rings. The number of terminal acetylenes is 1. The highest BCUT2D eigenvalue weighted by Gasteiger charge is 2.28. The lowest BCUT2D eigenvalue weighted by Crippen LogP contribution is -2.24. The van der Waals surface area contributed by atoms with Gasteiger partial charge in [0.1, 0.15) is 0 Å². The number of carbonyl (C=O) groups excluding carboxylic acids is 1. The van der Waals surface area contributed by atoms with Gasteiger partial charge in [-0.3, -0.25) is 4.79 Å². The van der Waals surface area contributed by atoms with E-state index in [4.69, 9.17) is 11.4 Å². The molecule has 1 N–H and O–H groups in total. The molecule has 1 fully saturated rings. The number of fused-ring (bicyclic) bond motifs is 1. The molecule has 0 atom stereocenters. The zero-order valence-corrected chi connectivity index (χ0v) is 12.3. The summed E-state index contributed by atoms with van der Waals surface area (Å²) >= 11 is 0. The number of nitrogens with zero attached hydrogens (tertiary/aromatic N) is 3. The summed E-state index contributed by atoms with van der Waals surface area (Å²) in [4.78, 5) is 17.0. The fourth-order valence-corrected chi connectivity index (χ4v) is 2.42. The maximum Gasteiger partial charge on any atom is 0.252 e. The van der Waals surface area contributed by atoms with Crippen LogP contribution in [0.4, 0.5) is 0 Å². The average Bonchev–Trinajstić information content (AvgIpc) is 3.22. The lowest BCUT2D eigenvalue weighted by Gasteiger charge is -2.10. The molecule has 2 heterocycles. The molecule has 0 spiro atoms. The molecule has 21 heavy (non-hydrogen) atoms. The van der Waals surface area contributed by atoms with Gasteiger partial charge < -0.3 is 5.32 Å². The predicted octanol–water partition coefficient (Wildman–Crippen LogP) is 2.25. The second-order valence-corrected chi connectivity index (χ2v) is 5.68. The summed E-state index contributed by atoms with van der Waals surface area (Å²) in [6, 6.07) is 2.09. The van der Waals surface area contributed by atoms with Crippen molar-refractivity contribution < 1.29 is 4.79 Å². The van der Waals surface area contributed by atoms with E-state index in [0.717, 1.165) is 29.6 Å². The van der Waals surface area contributed by atoms with E-state index >= 15 is 0 Å². The quantitative estimate of drug-likeness (QED) is 0.875. The summed E-state index contributed by atoms with van der Waals surface area (Å²) < 4.78 is 1.86. The van der Waals surface area contributed by atoms with Gasteiger partial charge in [-0.25, -0.2) is 9.67 Å². The molecule has 0 aromatic carbocycles. The molecule has 2 aromatic heterocycles. The lowest BCUT2D eigenvalue weighted by atomic mass is 10.1. The molecule has 0 unspecified atom stereocenters. The molecule has 1 aliphatic rings. The van der Waals surface area contributed by atoms with Crippen LogP contribution in [0.5, 0.6) is 0 Å². The van der Waals surface area contributed by atoms with Gasteiger partial charge in [0.2, 0.25) is 0 Å². The summed E-state index contributed by atoms with van der Waals surface area (Å²) in [5, 5.41) is 7.88. The molecule has 3 rings (SSSR count). The lowest BCUT2D eigenvalue weighted by molar-refractivity contribution is 0.0960. The molecule has 108 valence electrons. The molecule has 0 radical (unpaired) electrons. The molecule has 5 heteroatoms. The fraction of sp³-hybridized carbons (Fsp3) is 0.438. The summed E-state index contributed by atoms with van der Waals surface area (Å²) in [5.74, 6) is 2.74. The minimum absolute atomic E-state index is 0.162. The fourth-order valence-electron chi connectivity index (χ4n) is 2.42. The van der Waals surface area contributed by atoms with E-state index in [1.807, 2.05) is 10.7 Å². The molecule has 5 nitrogen and oxygen atoms in total. The highest BCUT2D eigenvalue weighted by Crippen LogP contribution is 2.40. The van der Waals surface area contributed by atoms with Crippen LogP contribution in [0.15, 0.2) is 12.3 Å². The highest BCUT2D eigenvalue weighted by molar-refractivity contribution is 6.05. The van der Waals surface area contributed by atoms with Gasteiger partial charge >= 0.3 is 0 Å². The Hall–Kier alpha value is -2.35. The van der Waals surface area contributed by atoms with Crippen LogP contribution in [-0.2, 0) is 0 Å². The second kappa shape index (κ2) is 5.21. The van der Waals surface area contributed by atoms with Gasteiger partial charge in [-0.15, -0.1) is 6.42 Å². The van der Waals surface area contributed by atoms with Crippen molar-refractivity contribution in [3.05, 3.63) is 23.5 Å². The summed E-state index contributed by atoms with van der Waals surface area (Å²) in [5.41, 5.74) is 2.38. The SMILES string of the molecule is C#CCNC(=O)c1cc(C2CC2)nc2c1cnn2C(C)C. The zero-order valence-electron chi connectivity index (χ0n) is 12.3. The van der Waals surface area contributed by atoms with Crippen LogP contribution in [0, 0.1) is 12.3 Å². The average molecular weight is 282 g/mol. The van der Waals surface area contributed by atoms with Gasteiger partial charge in [0, 0.05) is 17.7 Å². The van der Waals surface area contributed by atoms with Gasteiger partial charge in [0.25, 0.3) is 5.91 Å².